The van der Waals surface area contributed by atoms with E-state index in [0.29, 0.717) is 5.92 Å². The van der Waals surface area contributed by atoms with E-state index in [9.17, 15) is 5.11 Å². The first-order chi connectivity index (χ1) is 7.68. The molecule has 1 aromatic carbocycles. The summed E-state index contributed by atoms with van der Waals surface area (Å²) in [6.07, 6.45) is 1.47. The van der Waals surface area contributed by atoms with Gasteiger partial charge in [-0.2, -0.15) is 0 Å². The second kappa shape index (κ2) is 5.63. The maximum Gasteiger partial charge on any atom is 0.0830 e. The highest BCUT2D eigenvalue weighted by molar-refractivity contribution is 9.11. The van der Waals surface area contributed by atoms with E-state index >= 15 is 0 Å². The van der Waals surface area contributed by atoms with Crippen molar-refractivity contribution < 1.29 is 9.84 Å². The number of aliphatic hydroxyl groups excluding tert-OH is 1. The highest BCUT2D eigenvalue weighted by Crippen LogP contribution is 2.34. The lowest BCUT2D eigenvalue weighted by Crippen LogP contribution is -2.22. The molecule has 0 aromatic heterocycles. The number of hydrogen-bond acceptors (Lipinski definition) is 2. The van der Waals surface area contributed by atoms with Gasteiger partial charge in [0.15, 0.2) is 0 Å². The number of hydrogen-bond donors (Lipinski definition) is 1. The lowest BCUT2D eigenvalue weighted by Gasteiger charge is -2.27. The van der Waals surface area contributed by atoms with Crippen LogP contribution in [0.25, 0.3) is 0 Å². The van der Waals surface area contributed by atoms with E-state index in [1.807, 2.05) is 18.2 Å². The summed E-state index contributed by atoms with van der Waals surface area (Å²) < 4.78 is 7.28. The normalized spacial score (nSPS) is 19.7. The molecule has 0 aliphatic carbocycles. The molecular weight excluding hydrogens is 336 g/mol. The van der Waals surface area contributed by atoms with E-state index in [4.69, 9.17) is 4.74 Å². The fourth-order valence-corrected chi connectivity index (χ4v) is 3.31. The summed E-state index contributed by atoms with van der Waals surface area (Å²) in [5.74, 6) is 0.311. The Hall–Kier alpha value is 0.1000. The quantitative estimate of drug-likeness (QED) is 0.882. The van der Waals surface area contributed by atoms with E-state index in [-0.39, 0.29) is 0 Å². The molecule has 1 unspecified atom stereocenters. The van der Waals surface area contributed by atoms with Gasteiger partial charge >= 0.3 is 0 Å². The second-order valence-electron chi connectivity index (χ2n) is 4.06. The SMILES string of the molecule is OC(c1ccc(Br)cc1Br)C1CCOCC1. The van der Waals surface area contributed by atoms with Crippen molar-refractivity contribution in [1.29, 1.82) is 0 Å². The number of rotatable bonds is 2. The first kappa shape index (κ1) is 12.6. The van der Waals surface area contributed by atoms with Crippen LogP contribution in [0.1, 0.15) is 24.5 Å². The molecule has 0 saturated carbocycles. The van der Waals surface area contributed by atoms with Crippen molar-refractivity contribution in [2.45, 2.75) is 18.9 Å². The van der Waals surface area contributed by atoms with Gasteiger partial charge in [-0.25, -0.2) is 0 Å². The van der Waals surface area contributed by atoms with Crippen LogP contribution in [0.15, 0.2) is 27.1 Å². The topological polar surface area (TPSA) is 29.5 Å². The Morgan fingerprint density at radius 2 is 1.94 bits per heavy atom. The number of ether oxygens (including phenoxy) is 1. The molecule has 2 nitrogen and oxygen atoms in total. The first-order valence-electron chi connectivity index (χ1n) is 5.39. The fourth-order valence-electron chi connectivity index (χ4n) is 2.03. The minimum atomic E-state index is -0.397. The maximum absolute atomic E-state index is 10.3. The fraction of sp³-hybridized carbons (Fsp3) is 0.500. The molecule has 16 heavy (non-hydrogen) atoms. The largest absolute Gasteiger partial charge is 0.388 e. The molecule has 4 heteroatoms. The van der Waals surface area contributed by atoms with Crippen LogP contribution in [-0.2, 0) is 4.74 Å². The third-order valence-corrected chi connectivity index (χ3v) is 4.17. The molecule has 1 N–H and O–H groups in total. The highest BCUT2D eigenvalue weighted by Gasteiger charge is 2.24. The molecule has 1 aromatic rings. The average molecular weight is 350 g/mol. The summed E-state index contributed by atoms with van der Waals surface area (Å²) in [5.41, 5.74) is 0.968. The molecule has 1 heterocycles. The number of aliphatic hydroxyl groups is 1. The Labute approximate surface area is 112 Å². The predicted octanol–water partition coefficient (Wildman–Crippen LogP) is 3.67. The molecule has 2 rings (SSSR count). The Morgan fingerprint density at radius 3 is 2.56 bits per heavy atom. The maximum atomic E-state index is 10.3. The average Bonchev–Trinajstić information content (AvgIpc) is 2.29. The zero-order valence-electron chi connectivity index (χ0n) is 8.83. The van der Waals surface area contributed by atoms with Crippen molar-refractivity contribution in [3.8, 4) is 0 Å². The lowest BCUT2D eigenvalue weighted by atomic mass is 9.89. The van der Waals surface area contributed by atoms with Crippen LogP contribution in [0.4, 0.5) is 0 Å². The van der Waals surface area contributed by atoms with Crippen molar-refractivity contribution >= 4 is 31.9 Å². The van der Waals surface area contributed by atoms with Crippen molar-refractivity contribution in [1.82, 2.24) is 0 Å². The van der Waals surface area contributed by atoms with Gasteiger partial charge in [0, 0.05) is 22.2 Å². The smallest absolute Gasteiger partial charge is 0.0830 e. The molecule has 1 atom stereocenters. The molecule has 1 fully saturated rings. The minimum absolute atomic E-state index is 0.311. The van der Waals surface area contributed by atoms with Gasteiger partial charge in [0.2, 0.25) is 0 Å². The molecule has 88 valence electrons. The Bertz CT molecular complexity index is 362. The second-order valence-corrected chi connectivity index (χ2v) is 5.83. The van der Waals surface area contributed by atoms with Crippen LogP contribution in [-0.4, -0.2) is 18.3 Å². The molecule has 0 bridgehead atoms. The summed E-state index contributed by atoms with van der Waals surface area (Å²) in [4.78, 5) is 0. The molecule has 1 aliphatic heterocycles. The van der Waals surface area contributed by atoms with Crippen LogP contribution < -0.4 is 0 Å². The van der Waals surface area contributed by atoms with Crippen LogP contribution in [0.5, 0.6) is 0 Å². The van der Waals surface area contributed by atoms with Crippen LogP contribution in [0, 0.1) is 5.92 Å². The predicted molar refractivity (Wildman–Crippen MR) is 70.3 cm³/mol. The molecular formula is C12H14Br2O2. The Kier molecular flexibility index (Phi) is 4.41. The van der Waals surface area contributed by atoms with E-state index in [2.05, 4.69) is 31.9 Å². The van der Waals surface area contributed by atoms with E-state index in [0.717, 1.165) is 40.6 Å². The summed E-state index contributed by atoms with van der Waals surface area (Å²) in [6, 6.07) is 5.90. The highest BCUT2D eigenvalue weighted by atomic mass is 79.9. The standard InChI is InChI=1S/C12H14Br2O2/c13-9-1-2-10(11(14)7-9)12(15)8-3-5-16-6-4-8/h1-2,7-8,12,15H,3-6H2. The zero-order valence-corrected chi connectivity index (χ0v) is 12.0. The van der Waals surface area contributed by atoms with Crippen molar-refractivity contribution in [3.05, 3.63) is 32.7 Å². The zero-order chi connectivity index (χ0) is 11.5. The lowest BCUT2D eigenvalue weighted by molar-refractivity contribution is 0.00692. The van der Waals surface area contributed by atoms with Crippen molar-refractivity contribution in [2.24, 2.45) is 5.92 Å². The molecule has 0 radical (unpaired) electrons. The van der Waals surface area contributed by atoms with Gasteiger partial charge in [-0.1, -0.05) is 37.9 Å². The van der Waals surface area contributed by atoms with E-state index in [1.165, 1.54) is 0 Å². The van der Waals surface area contributed by atoms with Crippen LogP contribution >= 0.6 is 31.9 Å². The summed E-state index contributed by atoms with van der Waals surface area (Å²) in [6.45, 7) is 1.52. The summed E-state index contributed by atoms with van der Waals surface area (Å²) >= 11 is 6.90. The first-order valence-corrected chi connectivity index (χ1v) is 6.98. The Morgan fingerprint density at radius 1 is 1.25 bits per heavy atom. The molecule has 0 amide bonds. The van der Waals surface area contributed by atoms with Gasteiger partial charge in [-0.3, -0.25) is 0 Å². The van der Waals surface area contributed by atoms with Crippen molar-refractivity contribution in [2.75, 3.05) is 13.2 Å². The van der Waals surface area contributed by atoms with Gasteiger partial charge < -0.3 is 9.84 Å². The Balaban J connectivity index is 2.15. The molecule has 1 aliphatic rings. The van der Waals surface area contributed by atoms with E-state index in [1.54, 1.807) is 0 Å². The van der Waals surface area contributed by atoms with Crippen LogP contribution in [0.2, 0.25) is 0 Å². The van der Waals surface area contributed by atoms with Gasteiger partial charge in [0.25, 0.3) is 0 Å². The van der Waals surface area contributed by atoms with Crippen LogP contribution in [0.3, 0.4) is 0 Å². The molecule has 1 saturated heterocycles. The van der Waals surface area contributed by atoms with Crippen molar-refractivity contribution in [3.63, 3.8) is 0 Å². The monoisotopic (exact) mass is 348 g/mol. The van der Waals surface area contributed by atoms with Gasteiger partial charge in [0.05, 0.1) is 6.10 Å². The van der Waals surface area contributed by atoms with E-state index < -0.39 is 6.10 Å². The summed E-state index contributed by atoms with van der Waals surface area (Å²) in [7, 11) is 0. The number of benzene rings is 1. The van der Waals surface area contributed by atoms with Gasteiger partial charge in [-0.05, 0) is 36.5 Å². The third kappa shape index (κ3) is 2.86. The summed E-state index contributed by atoms with van der Waals surface area (Å²) in [5, 5.41) is 10.3. The van der Waals surface area contributed by atoms with Gasteiger partial charge in [0.1, 0.15) is 0 Å². The minimum Gasteiger partial charge on any atom is -0.388 e. The number of halogens is 2. The van der Waals surface area contributed by atoms with Gasteiger partial charge in [-0.15, -0.1) is 0 Å². The third-order valence-electron chi connectivity index (χ3n) is 2.99. The molecule has 0 spiro atoms.